The molecule has 0 bridgehead atoms. The highest BCUT2D eigenvalue weighted by Crippen LogP contribution is 2.28. The van der Waals surface area contributed by atoms with Crippen LogP contribution in [-0.4, -0.2) is 23.0 Å². The van der Waals surface area contributed by atoms with E-state index in [-0.39, 0.29) is 17.8 Å². The summed E-state index contributed by atoms with van der Waals surface area (Å²) in [6.07, 6.45) is 5.52. The molecule has 6 heteroatoms. The third-order valence-electron chi connectivity index (χ3n) is 5.23. The Bertz CT molecular complexity index is 985. The van der Waals surface area contributed by atoms with Crippen molar-refractivity contribution in [1.82, 2.24) is 10.3 Å². The molecule has 1 aromatic heterocycles. The minimum Gasteiger partial charge on any atom is -0.382 e. The van der Waals surface area contributed by atoms with E-state index in [1.54, 1.807) is 6.20 Å². The van der Waals surface area contributed by atoms with Crippen LogP contribution < -0.4 is 10.6 Å². The molecule has 144 valence electrons. The molecule has 4 nitrogen and oxygen atoms in total. The molecule has 1 aliphatic carbocycles. The van der Waals surface area contributed by atoms with E-state index in [4.69, 9.17) is 11.6 Å². The molecule has 1 amide bonds. The molecule has 4 rings (SSSR count). The summed E-state index contributed by atoms with van der Waals surface area (Å²) in [5, 5.41) is 8.41. The van der Waals surface area contributed by atoms with Gasteiger partial charge in [0.25, 0.3) is 5.91 Å². The number of carbonyl (C=O) groups excluding carboxylic acids is 1. The highest BCUT2D eigenvalue weighted by Gasteiger charge is 2.23. The van der Waals surface area contributed by atoms with Crippen molar-refractivity contribution in [3.05, 3.63) is 71.1 Å². The molecule has 1 aliphatic rings. The number of hydrogen-bond donors (Lipinski definition) is 2. The van der Waals surface area contributed by atoms with Crippen LogP contribution in [0.4, 0.5) is 10.1 Å². The number of nitrogens with one attached hydrogen (secondary N) is 2. The van der Waals surface area contributed by atoms with Crippen molar-refractivity contribution in [3.8, 4) is 0 Å². The molecule has 3 aromatic rings. The van der Waals surface area contributed by atoms with Gasteiger partial charge in [0.1, 0.15) is 5.82 Å². The van der Waals surface area contributed by atoms with Crippen LogP contribution in [-0.2, 0) is 0 Å². The smallest absolute Gasteiger partial charge is 0.251 e. The van der Waals surface area contributed by atoms with E-state index < -0.39 is 0 Å². The van der Waals surface area contributed by atoms with E-state index in [9.17, 15) is 9.18 Å². The molecule has 0 aliphatic heterocycles. The lowest BCUT2D eigenvalue weighted by Gasteiger charge is -2.30. The van der Waals surface area contributed by atoms with E-state index in [1.807, 2.05) is 24.3 Å². The predicted molar refractivity (Wildman–Crippen MR) is 110 cm³/mol. The van der Waals surface area contributed by atoms with E-state index in [1.165, 1.54) is 24.3 Å². The van der Waals surface area contributed by atoms with Crippen molar-refractivity contribution >= 4 is 34.1 Å². The third kappa shape index (κ3) is 4.25. The summed E-state index contributed by atoms with van der Waals surface area (Å²) < 4.78 is 13.0. The largest absolute Gasteiger partial charge is 0.382 e. The maximum absolute atomic E-state index is 13.0. The minimum atomic E-state index is -0.339. The number of anilines is 1. The lowest BCUT2D eigenvalue weighted by molar-refractivity contribution is 0.0926. The second kappa shape index (κ2) is 8.15. The number of rotatable bonds is 4. The number of aromatic nitrogens is 1. The molecule has 28 heavy (non-hydrogen) atoms. The van der Waals surface area contributed by atoms with Crippen LogP contribution in [0.3, 0.4) is 0 Å². The number of pyridine rings is 1. The molecule has 0 spiro atoms. The monoisotopic (exact) mass is 397 g/mol. The Balaban J connectivity index is 1.34. The Hall–Kier alpha value is -2.66. The molecule has 0 atom stereocenters. The van der Waals surface area contributed by atoms with E-state index in [0.717, 1.165) is 42.3 Å². The van der Waals surface area contributed by atoms with Crippen LogP contribution in [0.2, 0.25) is 5.02 Å². The molecule has 0 saturated heterocycles. The fourth-order valence-electron chi connectivity index (χ4n) is 3.72. The van der Waals surface area contributed by atoms with Crippen molar-refractivity contribution in [3.63, 3.8) is 0 Å². The van der Waals surface area contributed by atoms with Crippen LogP contribution in [0.1, 0.15) is 36.0 Å². The lowest BCUT2D eigenvalue weighted by atomic mass is 9.90. The van der Waals surface area contributed by atoms with Gasteiger partial charge in [-0.2, -0.15) is 0 Å². The van der Waals surface area contributed by atoms with Gasteiger partial charge >= 0.3 is 0 Å². The van der Waals surface area contributed by atoms with Crippen molar-refractivity contribution in [1.29, 1.82) is 0 Å². The maximum Gasteiger partial charge on any atom is 0.251 e. The SMILES string of the molecule is O=C(NC1CCC(Nc2ccnc3cc(Cl)ccc23)CC1)c1ccc(F)cc1. The average molecular weight is 398 g/mol. The zero-order valence-electron chi connectivity index (χ0n) is 15.3. The fourth-order valence-corrected chi connectivity index (χ4v) is 3.89. The van der Waals surface area contributed by atoms with Crippen LogP contribution in [0, 0.1) is 5.82 Å². The number of benzene rings is 2. The highest BCUT2D eigenvalue weighted by atomic mass is 35.5. The summed E-state index contributed by atoms with van der Waals surface area (Å²) in [5.41, 5.74) is 2.42. The second-order valence-electron chi connectivity index (χ2n) is 7.19. The summed E-state index contributed by atoms with van der Waals surface area (Å²) in [6.45, 7) is 0. The van der Waals surface area contributed by atoms with E-state index >= 15 is 0 Å². The Labute approximate surface area is 168 Å². The number of amides is 1. The standard InChI is InChI=1S/C22H21ClFN3O/c23-15-3-10-19-20(11-12-25-21(19)13-15)26-17-6-8-18(9-7-17)27-22(28)14-1-4-16(24)5-2-14/h1-5,10-13,17-18H,6-9H2,(H,25,26)(H,27,28). The first-order valence-electron chi connectivity index (χ1n) is 9.46. The van der Waals surface area contributed by atoms with Gasteiger partial charge in [0.05, 0.1) is 5.52 Å². The van der Waals surface area contributed by atoms with Gasteiger partial charge in [-0.1, -0.05) is 11.6 Å². The highest BCUT2D eigenvalue weighted by molar-refractivity contribution is 6.31. The third-order valence-corrected chi connectivity index (χ3v) is 5.47. The van der Waals surface area contributed by atoms with Crippen molar-refractivity contribution < 1.29 is 9.18 Å². The molecule has 2 aromatic carbocycles. The molecule has 0 radical (unpaired) electrons. The number of fused-ring (bicyclic) bond motifs is 1. The average Bonchev–Trinajstić information content (AvgIpc) is 2.70. The minimum absolute atomic E-state index is 0.142. The quantitative estimate of drug-likeness (QED) is 0.637. The van der Waals surface area contributed by atoms with Crippen molar-refractivity contribution in [2.45, 2.75) is 37.8 Å². The van der Waals surface area contributed by atoms with Crippen LogP contribution >= 0.6 is 11.6 Å². The van der Waals surface area contributed by atoms with Gasteiger partial charge in [-0.3, -0.25) is 9.78 Å². The van der Waals surface area contributed by atoms with E-state index in [2.05, 4.69) is 15.6 Å². The van der Waals surface area contributed by atoms with Gasteiger partial charge in [0.2, 0.25) is 0 Å². The van der Waals surface area contributed by atoms with Crippen molar-refractivity contribution in [2.75, 3.05) is 5.32 Å². The molecule has 1 heterocycles. The first kappa shape index (κ1) is 18.7. The molecule has 2 N–H and O–H groups in total. The molecular weight excluding hydrogens is 377 g/mol. The fraction of sp³-hybridized carbons (Fsp3) is 0.273. The van der Waals surface area contributed by atoms with E-state index in [0.29, 0.717) is 16.6 Å². The number of nitrogens with zero attached hydrogens (tertiary/aromatic N) is 1. The Morgan fingerprint density at radius 1 is 1.00 bits per heavy atom. The Morgan fingerprint density at radius 3 is 2.46 bits per heavy atom. The van der Waals surface area contributed by atoms with Crippen molar-refractivity contribution in [2.24, 2.45) is 0 Å². The number of hydrogen-bond acceptors (Lipinski definition) is 3. The molecule has 1 saturated carbocycles. The summed E-state index contributed by atoms with van der Waals surface area (Å²) in [7, 11) is 0. The number of carbonyl (C=O) groups is 1. The lowest BCUT2D eigenvalue weighted by Crippen LogP contribution is -2.40. The number of halogens is 2. The van der Waals surface area contributed by atoms with Gasteiger partial charge in [-0.05, 0) is 74.2 Å². The normalized spacial score (nSPS) is 19.4. The zero-order valence-corrected chi connectivity index (χ0v) is 16.0. The van der Waals surface area contributed by atoms with Crippen LogP contribution in [0.5, 0.6) is 0 Å². The second-order valence-corrected chi connectivity index (χ2v) is 7.63. The Kier molecular flexibility index (Phi) is 5.44. The maximum atomic E-state index is 13.0. The summed E-state index contributed by atoms with van der Waals surface area (Å²) >= 11 is 6.06. The predicted octanol–water partition coefficient (Wildman–Crippen LogP) is 5.18. The summed E-state index contributed by atoms with van der Waals surface area (Å²) in [4.78, 5) is 16.7. The first-order valence-corrected chi connectivity index (χ1v) is 9.83. The van der Waals surface area contributed by atoms with Gasteiger partial charge in [-0.15, -0.1) is 0 Å². The molecular formula is C22H21ClFN3O. The van der Waals surface area contributed by atoms with Gasteiger partial charge in [0, 0.05) is 39.9 Å². The van der Waals surface area contributed by atoms with Crippen LogP contribution in [0.25, 0.3) is 10.9 Å². The summed E-state index contributed by atoms with van der Waals surface area (Å²) in [6, 6.07) is 13.8. The van der Waals surface area contributed by atoms with Gasteiger partial charge < -0.3 is 10.6 Å². The molecule has 1 fully saturated rings. The Morgan fingerprint density at radius 2 is 1.71 bits per heavy atom. The summed E-state index contributed by atoms with van der Waals surface area (Å²) in [5.74, 6) is -0.484. The first-order chi connectivity index (χ1) is 13.6. The van der Waals surface area contributed by atoms with Gasteiger partial charge in [0.15, 0.2) is 0 Å². The zero-order chi connectivity index (χ0) is 19.5. The molecule has 0 unspecified atom stereocenters. The topological polar surface area (TPSA) is 54.0 Å². The van der Waals surface area contributed by atoms with Gasteiger partial charge in [-0.25, -0.2) is 4.39 Å². The van der Waals surface area contributed by atoms with Crippen LogP contribution in [0.15, 0.2) is 54.7 Å².